The number of hydrogen-bond donors (Lipinski definition) is 13. The summed E-state index contributed by atoms with van der Waals surface area (Å²) >= 11 is 0. The Kier molecular flexibility index (Phi) is 25.8. The van der Waals surface area contributed by atoms with Crippen molar-refractivity contribution in [1.29, 1.82) is 0 Å². The third-order valence-corrected chi connectivity index (χ3v) is 18.4. The summed E-state index contributed by atoms with van der Waals surface area (Å²) in [5.74, 6) is -6.48. The van der Waals surface area contributed by atoms with Gasteiger partial charge in [0.1, 0.15) is 72.3 Å². The Morgan fingerprint density at radius 2 is 1.47 bits per heavy atom. The number of carboxylic acid groups (broad SMARTS) is 1. The highest BCUT2D eigenvalue weighted by Crippen LogP contribution is 2.39. The molecule has 0 spiro atoms. The van der Waals surface area contributed by atoms with Crippen molar-refractivity contribution < 1.29 is 123 Å². The summed E-state index contributed by atoms with van der Waals surface area (Å²) in [5, 5.41) is 73.8. The standard InChI is InChI=1S/C60H77N5O28S2/c1-30-48(71)50(73)51(74)58(88-30)93-52-38(63-55(75)39-25-45(69)65-60(79)64-39)22-34(23-41(52)90-59-54(92-57(78)32-12-6-3-7-13-32)53(49(72)43(27-66)91-59)89-42(56(76)77)20-31-10-4-2-5-11-31)40(68)16-9-17-61-46(70)29-87-19-18-86-28-35(67)26-62-37-15-8-14-33-21-36(94(80,81)82)24-44(47(33)37)95(83,84)85/h3,6-8,12-15,21,24-25,30-31,34,38,41-43,48-54,58-59,62,66,71-74H,2,4-5,9-11,16-20,22-23,26-29H2,1H3,(H,61,70)(H,63,75)(H,76,77)(H,80,81,82)(H,83,84,85)(H2,64,65,69,79)/t30?,34?,38?,41?,42-,43?,48?,49?,50?,51?,52?,53?,54?,58?,59?/m0/s1. The van der Waals surface area contributed by atoms with Crippen molar-refractivity contribution in [3.05, 3.63) is 98.8 Å². The number of rotatable bonds is 31. The van der Waals surface area contributed by atoms with E-state index in [9.17, 15) is 94.9 Å². The molecule has 0 radical (unpaired) electrons. The van der Waals surface area contributed by atoms with E-state index in [-0.39, 0.29) is 79.8 Å². The Morgan fingerprint density at radius 1 is 0.758 bits per heavy atom. The van der Waals surface area contributed by atoms with Gasteiger partial charge >= 0.3 is 17.6 Å². The smallest absolute Gasteiger partial charge is 0.338 e. The molecule has 8 rings (SSSR count). The molecule has 14 unspecified atom stereocenters. The fraction of sp³-hybridized carbons (Fsp3) is 0.567. The van der Waals surface area contributed by atoms with Gasteiger partial charge < -0.3 is 89.5 Å². The summed E-state index contributed by atoms with van der Waals surface area (Å²) in [7, 11) is -9.91. The van der Waals surface area contributed by atoms with Crippen molar-refractivity contribution >= 4 is 72.0 Å². The minimum atomic E-state index is -5.04. The molecular weight excluding hydrogens is 1300 g/mol. The van der Waals surface area contributed by atoms with Crippen molar-refractivity contribution in [3.63, 3.8) is 0 Å². The molecule has 2 saturated carbocycles. The van der Waals surface area contributed by atoms with Crippen molar-refractivity contribution in [2.45, 2.75) is 167 Å². The molecule has 95 heavy (non-hydrogen) atoms. The van der Waals surface area contributed by atoms with Crippen LogP contribution < -0.4 is 27.2 Å². The maximum absolute atomic E-state index is 14.5. The molecule has 522 valence electrons. The Bertz CT molecular complexity index is 3670. The van der Waals surface area contributed by atoms with Gasteiger partial charge in [-0.15, -0.1) is 0 Å². The number of amides is 2. The van der Waals surface area contributed by atoms with Crippen LogP contribution >= 0.6 is 0 Å². The van der Waals surface area contributed by atoms with E-state index < -0.39 is 200 Å². The summed E-state index contributed by atoms with van der Waals surface area (Å²) < 4.78 is 115. The number of nitrogens with one attached hydrogen (secondary N) is 5. The van der Waals surface area contributed by atoms with Gasteiger partial charge in [0.25, 0.3) is 31.7 Å². The zero-order valence-corrected chi connectivity index (χ0v) is 52.8. The summed E-state index contributed by atoms with van der Waals surface area (Å²) in [5.41, 5.74) is -2.61. The van der Waals surface area contributed by atoms with Crippen LogP contribution in [0.5, 0.6) is 0 Å². The monoisotopic (exact) mass is 1380 g/mol. The minimum Gasteiger partial charge on any atom is -0.479 e. The van der Waals surface area contributed by atoms with Crippen LogP contribution in [0.2, 0.25) is 0 Å². The number of benzene rings is 3. The van der Waals surface area contributed by atoms with E-state index in [4.69, 9.17) is 37.9 Å². The van der Waals surface area contributed by atoms with Crippen molar-refractivity contribution in [3.8, 4) is 0 Å². The molecule has 3 aromatic carbocycles. The second-order valence-corrected chi connectivity index (χ2v) is 26.3. The minimum absolute atomic E-state index is 0.00247. The van der Waals surface area contributed by atoms with E-state index in [0.717, 1.165) is 31.4 Å². The van der Waals surface area contributed by atoms with E-state index in [0.29, 0.717) is 18.9 Å². The number of aromatic amines is 2. The number of carboxylic acids is 1. The van der Waals surface area contributed by atoms with E-state index in [1.54, 1.807) is 6.07 Å². The number of aliphatic hydroxyl groups excluding tert-OH is 5. The Balaban J connectivity index is 0.959. The molecule has 13 N–H and O–H groups in total. The first-order valence-corrected chi connectivity index (χ1v) is 33.4. The van der Waals surface area contributed by atoms with Crippen molar-refractivity contribution in [2.75, 3.05) is 51.4 Å². The molecule has 0 bridgehead atoms. The van der Waals surface area contributed by atoms with Crippen LogP contribution in [0.25, 0.3) is 10.8 Å². The zero-order valence-electron chi connectivity index (χ0n) is 51.2. The normalized spacial score (nSPS) is 27.0. The van der Waals surface area contributed by atoms with E-state index in [1.165, 1.54) is 49.4 Å². The first kappa shape index (κ1) is 73.8. The van der Waals surface area contributed by atoms with Crippen LogP contribution in [0.4, 0.5) is 5.69 Å². The number of carbonyl (C=O) groups excluding carboxylic acids is 5. The first-order valence-electron chi connectivity index (χ1n) is 30.6. The molecule has 2 aliphatic heterocycles. The van der Waals surface area contributed by atoms with Crippen molar-refractivity contribution in [2.24, 2.45) is 11.8 Å². The van der Waals surface area contributed by atoms with Crippen molar-refractivity contribution in [1.82, 2.24) is 20.6 Å². The van der Waals surface area contributed by atoms with Gasteiger partial charge in [0.2, 0.25) is 5.91 Å². The molecule has 1 aromatic heterocycles. The zero-order chi connectivity index (χ0) is 68.9. The van der Waals surface area contributed by atoms with Crippen LogP contribution in [-0.4, -0.2) is 234 Å². The first-order chi connectivity index (χ1) is 45.1. The maximum atomic E-state index is 14.5. The number of esters is 1. The molecule has 4 aliphatic rings. The van der Waals surface area contributed by atoms with Crippen LogP contribution in [0.1, 0.15) is 92.0 Å². The molecule has 33 nitrogen and oxygen atoms in total. The second kappa shape index (κ2) is 33.3. The Labute approximate surface area is 542 Å². The number of aliphatic carboxylic acids is 1. The number of H-pyrrole nitrogens is 2. The lowest BCUT2D eigenvalue weighted by molar-refractivity contribution is -0.347. The SMILES string of the molecule is CC1OC(OC2C(NC(=O)c3cc(=O)[nH]c(=O)[nH]3)CC(C(=O)CCCNC(=O)COCCOCC(=O)CNc3cccc4cc(S(=O)(=O)O)cc(S(=O)(=O)O)c34)CC2OC2OC(CO)C(O)C(O[C@@H](CC3CCCCC3)C(=O)O)C2OC(=O)c2ccccc2)C(O)C(O)C1O. The number of carbonyl (C=O) groups is 6. The van der Waals surface area contributed by atoms with E-state index in [2.05, 4.69) is 20.9 Å². The highest BCUT2D eigenvalue weighted by atomic mass is 32.2. The third kappa shape index (κ3) is 19.8. The number of ketones is 2. The van der Waals surface area contributed by atoms with E-state index >= 15 is 0 Å². The average Bonchev–Trinajstić information content (AvgIpc) is 0.773. The third-order valence-electron chi connectivity index (χ3n) is 16.7. The Morgan fingerprint density at radius 3 is 2.15 bits per heavy atom. The number of aromatic nitrogens is 2. The number of ether oxygens (including phenoxy) is 8. The molecule has 3 heterocycles. The quantitative estimate of drug-likeness (QED) is 0.0165. The number of Topliss-reactive ketones (excluding diaryl/α,β-unsaturated/α-hetero) is 2. The predicted molar refractivity (Wildman–Crippen MR) is 325 cm³/mol. The summed E-state index contributed by atoms with van der Waals surface area (Å²) in [4.78, 5) is 109. The average molecular weight is 1380 g/mol. The molecule has 2 saturated heterocycles. The van der Waals surface area contributed by atoms with Gasteiger partial charge in [0.05, 0.1) is 55.1 Å². The predicted octanol–water partition coefficient (Wildman–Crippen LogP) is -0.891. The largest absolute Gasteiger partial charge is 0.479 e. The van der Waals surface area contributed by atoms with Gasteiger partial charge in [-0.05, 0) is 74.2 Å². The molecule has 4 aromatic rings. The fourth-order valence-corrected chi connectivity index (χ4v) is 13.2. The molecule has 15 atom stereocenters. The molecule has 2 aliphatic carbocycles. The Hall–Kier alpha value is -7.04. The highest BCUT2D eigenvalue weighted by molar-refractivity contribution is 7.86. The molecule has 4 fully saturated rings. The van der Waals surface area contributed by atoms with Gasteiger partial charge in [0.15, 0.2) is 30.6 Å². The summed E-state index contributed by atoms with van der Waals surface area (Å²) in [6, 6.07) is 12.4. The number of hydrogen-bond acceptors (Lipinski definition) is 26. The molecule has 35 heteroatoms. The van der Waals surface area contributed by atoms with Gasteiger partial charge in [-0.25, -0.2) is 14.4 Å². The molecular formula is C60H77N5O28S2. The van der Waals surface area contributed by atoms with Crippen LogP contribution in [0.15, 0.2) is 86.1 Å². The number of aliphatic hydroxyl groups is 5. The second-order valence-electron chi connectivity index (χ2n) is 23.5. The highest BCUT2D eigenvalue weighted by Gasteiger charge is 2.54. The van der Waals surface area contributed by atoms with E-state index in [1.807, 2.05) is 4.98 Å². The number of anilines is 1. The van der Waals surface area contributed by atoms with Gasteiger partial charge in [-0.1, -0.05) is 62.4 Å². The fourth-order valence-electron chi connectivity index (χ4n) is 11.9. The number of fused-ring (bicyclic) bond motifs is 1. The summed E-state index contributed by atoms with van der Waals surface area (Å²) in [6.45, 7) is -1.44. The lowest BCUT2D eigenvalue weighted by Crippen LogP contribution is -2.65. The van der Waals surface area contributed by atoms with Crippen LogP contribution in [-0.2, 0) is 77.3 Å². The van der Waals surface area contributed by atoms with Crippen LogP contribution in [0.3, 0.4) is 0 Å². The van der Waals surface area contributed by atoms with Gasteiger partial charge in [-0.3, -0.25) is 38.1 Å². The van der Waals surface area contributed by atoms with Gasteiger partial charge in [0, 0.05) is 36.0 Å². The summed E-state index contributed by atoms with van der Waals surface area (Å²) in [6.07, 6.45) is -19.6. The lowest BCUT2D eigenvalue weighted by atomic mass is 9.78. The molecule has 2 amide bonds. The van der Waals surface area contributed by atoms with Crippen LogP contribution in [0, 0.1) is 11.8 Å². The lowest BCUT2D eigenvalue weighted by Gasteiger charge is -2.49. The maximum Gasteiger partial charge on any atom is 0.338 e. The van der Waals surface area contributed by atoms with Gasteiger partial charge in [-0.2, -0.15) is 16.8 Å². The topological polar surface area (TPSA) is 508 Å².